The molecule has 0 radical (unpaired) electrons. The standard InChI is InChI=1S/C24H25ClN4O4S.ClH/c1-4-27(5-2)12-13-28(24-26-20-18(33-3)11-10-17(25)21(20)34-24)19(30)14-29-22(31)15-8-6-7-9-16(15)23(29)32;/h6-11H,4-5,12-14H2,1-3H3;1H. The molecular weight excluding hydrogens is 511 g/mol. The summed E-state index contributed by atoms with van der Waals surface area (Å²) in [6.07, 6.45) is 0. The lowest BCUT2D eigenvalue weighted by Gasteiger charge is -2.26. The summed E-state index contributed by atoms with van der Waals surface area (Å²) < 4.78 is 6.12. The van der Waals surface area contributed by atoms with E-state index in [1.807, 2.05) is 0 Å². The molecule has 3 amide bonds. The third-order valence-electron chi connectivity index (χ3n) is 5.90. The maximum absolute atomic E-state index is 13.5. The van der Waals surface area contributed by atoms with Crippen molar-refractivity contribution < 1.29 is 19.1 Å². The van der Waals surface area contributed by atoms with Gasteiger partial charge in [0, 0.05) is 13.1 Å². The predicted octanol–water partition coefficient (Wildman–Crippen LogP) is 4.35. The molecular formula is C24H26Cl2N4O4S. The monoisotopic (exact) mass is 536 g/mol. The number of benzene rings is 2. The fraction of sp³-hybridized carbons (Fsp3) is 0.333. The molecule has 3 aromatic rings. The number of carbonyl (C=O) groups excluding carboxylic acids is 3. The zero-order chi connectivity index (χ0) is 24.4. The van der Waals surface area contributed by atoms with Gasteiger partial charge in [0.15, 0.2) is 5.13 Å². The van der Waals surface area contributed by atoms with Gasteiger partial charge in [0.05, 0.1) is 28.0 Å². The zero-order valence-electron chi connectivity index (χ0n) is 19.6. The topological polar surface area (TPSA) is 83.0 Å². The van der Waals surface area contributed by atoms with Crippen molar-refractivity contribution in [3.05, 3.63) is 52.5 Å². The number of anilines is 1. The first kappa shape index (κ1) is 26.9. The molecule has 35 heavy (non-hydrogen) atoms. The molecule has 2 aromatic carbocycles. The number of thiazole rings is 1. The van der Waals surface area contributed by atoms with Crippen LogP contribution in [-0.2, 0) is 4.79 Å². The van der Waals surface area contributed by atoms with Gasteiger partial charge in [-0.15, -0.1) is 12.4 Å². The van der Waals surface area contributed by atoms with Crippen LogP contribution in [-0.4, -0.2) is 72.3 Å². The minimum Gasteiger partial charge on any atom is -0.494 e. The van der Waals surface area contributed by atoms with Crippen LogP contribution in [0.25, 0.3) is 10.2 Å². The van der Waals surface area contributed by atoms with Gasteiger partial charge in [0.1, 0.15) is 17.8 Å². The number of imide groups is 1. The van der Waals surface area contributed by atoms with Crippen LogP contribution >= 0.6 is 35.3 Å². The smallest absolute Gasteiger partial charge is 0.262 e. The lowest BCUT2D eigenvalue weighted by atomic mass is 10.1. The average molecular weight is 537 g/mol. The Labute approximate surface area is 218 Å². The molecule has 0 saturated heterocycles. The third-order valence-corrected chi connectivity index (χ3v) is 7.44. The van der Waals surface area contributed by atoms with Crippen molar-refractivity contribution in [1.82, 2.24) is 14.8 Å². The van der Waals surface area contributed by atoms with Gasteiger partial charge in [-0.1, -0.05) is 48.9 Å². The van der Waals surface area contributed by atoms with Gasteiger partial charge in [0.2, 0.25) is 5.91 Å². The third kappa shape index (κ3) is 5.13. The van der Waals surface area contributed by atoms with Crippen molar-refractivity contribution in [2.75, 3.05) is 44.7 Å². The number of likely N-dealkylation sites (N-methyl/N-ethyl adjacent to an activating group) is 1. The highest BCUT2D eigenvalue weighted by Crippen LogP contribution is 2.38. The van der Waals surface area contributed by atoms with Crippen molar-refractivity contribution >= 4 is 68.4 Å². The Bertz CT molecular complexity index is 1230. The molecule has 4 rings (SSSR count). The maximum atomic E-state index is 13.5. The van der Waals surface area contributed by atoms with Crippen LogP contribution in [0.5, 0.6) is 5.75 Å². The molecule has 8 nitrogen and oxygen atoms in total. The van der Waals surface area contributed by atoms with E-state index in [4.69, 9.17) is 16.3 Å². The normalized spacial score (nSPS) is 12.8. The zero-order valence-corrected chi connectivity index (χ0v) is 22.0. The Balaban J connectivity index is 0.00000342. The molecule has 0 saturated carbocycles. The van der Waals surface area contributed by atoms with E-state index in [0.717, 1.165) is 18.0 Å². The minimum atomic E-state index is -0.466. The second kappa shape index (κ2) is 11.3. The summed E-state index contributed by atoms with van der Waals surface area (Å²) in [6, 6.07) is 10.1. The second-order valence-electron chi connectivity index (χ2n) is 7.74. The van der Waals surface area contributed by atoms with E-state index < -0.39 is 17.7 Å². The second-order valence-corrected chi connectivity index (χ2v) is 9.12. The van der Waals surface area contributed by atoms with Gasteiger partial charge in [-0.05, 0) is 37.4 Å². The van der Waals surface area contributed by atoms with E-state index in [2.05, 4.69) is 23.7 Å². The van der Waals surface area contributed by atoms with Gasteiger partial charge in [0.25, 0.3) is 11.8 Å². The van der Waals surface area contributed by atoms with Gasteiger partial charge in [-0.3, -0.25) is 24.2 Å². The Morgan fingerprint density at radius 3 is 2.26 bits per heavy atom. The van der Waals surface area contributed by atoms with Crippen molar-refractivity contribution in [3.8, 4) is 5.75 Å². The highest BCUT2D eigenvalue weighted by Gasteiger charge is 2.37. The van der Waals surface area contributed by atoms with Crippen LogP contribution in [0, 0.1) is 0 Å². The van der Waals surface area contributed by atoms with E-state index in [9.17, 15) is 14.4 Å². The summed E-state index contributed by atoms with van der Waals surface area (Å²) in [5.41, 5.74) is 1.19. The molecule has 0 N–H and O–H groups in total. The summed E-state index contributed by atoms with van der Waals surface area (Å²) in [5.74, 6) is -0.771. The van der Waals surface area contributed by atoms with E-state index in [-0.39, 0.29) is 19.0 Å². The van der Waals surface area contributed by atoms with Crippen LogP contribution in [0.2, 0.25) is 5.02 Å². The molecule has 0 fully saturated rings. The molecule has 0 bridgehead atoms. The Kier molecular flexibility index (Phi) is 8.71. The van der Waals surface area contributed by atoms with Crippen molar-refractivity contribution in [2.45, 2.75) is 13.8 Å². The van der Waals surface area contributed by atoms with E-state index in [1.165, 1.54) is 16.2 Å². The Hall–Kier alpha value is -2.72. The first-order valence-electron chi connectivity index (χ1n) is 11.0. The SMILES string of the molecule is CCN(CC)CCN(C(=O)CN1C(=O)c2ccccc2C1=O)c1nc2c(OC)ccc(Cl)c2s1.Cl. The van der Waals surface area contributed by atoms with E-state index >= 15 is 0 Å². The van der Waals surface area contributed by atoms with Crippen LogP contribution < -0.4 is 9.64 Å². The number of hydrogen-bond donors (Lipinski definition) is 0. The number of aromatic nitrogens is 1. The summed E-state index contributed by atoms with van der Waals surface area (Å²) in [6.45, 7) is 6.36. The fourth-order valence-corrected chi connectivity index (χ4v) is 5.23. The lowest BCUT2D eigenvalue weighted by molar-refractivity contribution is -0.119. The number of hydrogen-bond acceptors (Lipinski definition) is 7. The number of halogens is 2. The Morgan fingerprint density at radius 1 is 1.06 bits per heavy atom. The van der Waals surface area contributed by atoms with E-state index in [0.29, 0.717) is 50.3 Å². The number of methoxy groups -OCH3 is 1. The van der Waals surface area contributed by atoms with E-state index in [1.54, 1.807) is 43.5 Å². The van der Waals surface area contributed by atoms with Crippen molar-refractivity contribution in [1.29, 1.82) is 0 Å². The lowest BCUT2D eigenvalue weighted by Crippen LogP contribution is -2.45. The molecule has 2 heterocycles. The fourth-order valence-electron chi connectivity index (χ4n) is 3.93. The molecule has 0 spiro atoms. The summed E-state index contributed by atoms with van der Waals surface area (Å²) >= 11 is 7.67. The first-order valence-corrected chi connectivity index (χ1v) is 12.2. The number of nitrogens with zero attached hydrogens (tertiary/aromatic N) is 4. The molecule has 1 aromatic heterocycles. The highest BCUT2D eigenvalue weighted by molar-refractivity contribution is 7.23. The highest BCUT2D eigenvalue weighted by atomic mass is 35.5. The maximum Gasteiger partial charge on any atom is 0.262 e. The minimum absolute atomic E-state index is 0. The average Bonchev–Trinajstić information content (AvgIpc) is 3.39. The Morgan fingerprint density at radius 2 is 1.69 bits per heavy atom. The largest absolute Gasteiger partial charge is 0.494 e. The molecule has 0 aliphatic carbocycles. The number of carbonyl (C=O) groups is 3. The summed E-state index contributed by atoms with van der Waals surface area (Å²) in [5, 5.41) is 0.950. The van der Waals surface area contributed by atoms with Gasteiger partial charge < -0.3 is 9.64 Å². The van der Waals surface area contributed by atoms with Crippen LogP contribution in [0.1, 0.15) is 34.6 Å². The quantitative estimate of drug-likeness (QED) is 0.378. The van der Waals surface area contributed by atoms with Gasteiger partial charge >= 0.3 is 0 Å². The molecule has 11 heteroatoms. The molecule has 1 aliphatic rings. The summed E-state index contributed by atoms with van der Waals surface area (Å²) in [7, 11) is 1.55. The number of rotatable bonds is 9. The van der Waals surface area contributed by atoms with Gasteiger partial charge in [-0.25, -0.2) is 4.98 Å². The van der Waals surface area contributed by atoms with Gasteiger partial charge in [-0.2, -0.15) is 0 Å². The van der Waals surface area contributed by atoms with Crippen LogP contribution in [0.4, 0.5) is 5.13 Å². The number of fused-ring (bicyclic) bond motifs is 2. The van der Waals surface area contributed by atoms with Crippen LogP contribution in [0.15, 0.2) is 36.4 Å². The first-order chi connectivity index (χ1) is 16.4. The molecule has 186 valence electrons. The number of amides is 3. The van der Waals surface area contributed by atoms with Crippen molar-refractivity contribution in [3.63, 3.8) is 0 Å². The molecule has 0 unspecified atom stereocenters. The molecule has 1 aliphatic heterocycles. The molecule has 0 atom stereocenters. The predicted molar refractivity (Wildman–Crippen MR) is 140 cm³/mol. The van der Waals surface area contributed by atoms with Crippen molar-refractivity contribution in [2.24, 2.45) is 0 Å². The summed E-state index contributed by atoms with van der Waals surface area (Å²) in [4.78, 5) is 48.5. The van der Waals surface area contributed by atoms with Crippen LogP contribution in [0.3, 0.4) is 0 Å². The number of ether oxygens (including phenoxy) is 1.